The van der Waals surface area contributed by atoms with Crippen molar-refractivity contribution >= 4 is 17.5 Å². The SMILES string of the molecule is CC(=O)N[C@H](C(=O)Nc1ccc(CN2CCC(C)CC2)cc1)C(C)C. The summed E-state index contributed by atoms with van der Waals surface area (Å²) in [5.74, 6) is 0.499. The Morgan fingerprint density at radius 2 is 1.76 bits per heavy atom. The molecule has 2 N–H and O–H groups in total. The van der Waals surface area contributed by atoms with Crippen LogP contribution in [0.25, 0.3) is 0 Å². The van der Waals surface area contributed by atoms with E-state index < -0.39 is 6.04 Å². The minimum atomic E-state index is -0.521. The number of hydrogen-bond donors (Lipinski definition) is 2. The van der Waals surface area contributed by atoms with Crippen molar-refractivity contribution in [3.05, 3.63) is 29.8 Å². The van der Waals surface area contributed by atoms with Gasteiger partial charge in [-0.2, -0.15) is 0 Å². The average molecular weight is 345 g/mol. The standard InChI is InChI=1S/C20H31N3O2/c1-14(2)19(21-16(4)24)20(25)22-18-7-5-17(6-8-18)13-23-11-9-15(3)10-12-23/h5-8,14-15,19H,9-13H2,1-4H3,(H,21,24)(H,22,25)/t19-/m0/s1. The van der Waals surface area contributed by atoms with E-state index in [2.05, 4.69) is 34.6 Å². The Balaban J connectivity index is 1.90. The van der Waals surface area contributed by atoms with Gasteiger partial charge >= 0.3 is 0 Å². The van der Waals surface area contributed by atoms with Crippen molar-refractivity contribution in [1.82, 2.24) is 10.2 Å². The first-order valence-electron chi connectivity index (χ1n) is 9.24. The molecule has 1 aromatic carbocycles. The van der Waals surface area contributed by atoms with Gasteiger partial charge in [-0.3, -0.25) is 14.5 Å². The first-order valence-corrected chi connectivity index (χ1v) is 9.24. The zero-order valence-electron chi connectivity index (χ0n) is 15.8. The van der Waals surface area contributed by atoms with Crippen LogP contribution >= 0.6 is 0 Å². The predicted molar refractivity (Wildman–Crippen MR) is 101 cm³/mol. The molecule has 2 amide bonds. The summed E-state index contributed by atoms with van der Waals surface area (Å²) in [6.45, 7) is 10.9. The summed E-state index contributed by atoms with van der Waals surface area (Å²) >= 11 is 0. The molecule has 0 aliphatic carbocycles. The molecule has 25 heavy (non-hydrogen) atoms. The van der Waals surface area contributed by atoms with Crippen LogP contribution in [0.4, 0.5) is 5.69 Å². The van der Waals surface area contributed by atoms with Crippen LogP contribution in [0.5, 0.6) is 0 Å². The molecule has 1 fully saturated rings. The summed E-state index contributed by atoms with van der Waals surface area (Å²) in [6.07, 6.45) is 2.54. The molecule has 5 nitrogen and oxygen atoms in total. The number of anilines is 1. The maximum absolute atomic E-state index is 12.4. The van der Waals surface area contributed by atoms with Crippen molar-refractivity contribution in [2.75, 3.05) is 18.4 Å². The highest BCUT2D eigenvalue weighted by atomic mass is 16.2. The van der Waals surface area contributed by atoms with Gasteiger partial charge < -0.3 is 10.6 Å². The second kappa shape index (κ2) is 8.99. The molecule has 1 heterocycles. The summed E-state index contributed by atoms with van der Waals surface area (Å²) < 4.78 is 0. The highest BCUT2D eigenvalue weighted by Gasteiger charge is 2.23. The van der Waals surface area contributed by atoms with Gasteiger partial charge in [-0.05, 0) is 55.5 Å². The molecular weight excluding hydrogens is 314 g/mol. The van der Waals surface area contributed by atoms with Gasteiger partial charge in [0, 0.05) is 19.2 Å². The van der Waals surface area contributed by atoms with Crippen molar-refractivity contribution in [3.8, 4) is 0 Å². The van der Waals surface area contributed by atoms with E-state index in [1.165, 1.54) is 25.3 Å². The third-order valence-corrected chi connectivity index (χ3v) is 4.81. The lowest BCUT2D eigenvalue weighted by Crippen LogP contribution is -2.46. The van der Waals surface area contributed by atoms with Gasteiger partial charge in [0.1, 0.15) is 6.04 Å². The third-order valence-electron chi connectivity index (χ3n) is 4.81. The monoisotopic (exact) mass is 345 g/mol. The van der Waals surface area contributed by atoms with Gasteiger partial charge in [0.15, 0.2) is 0 Å². The van der Waals surface area contributed by atoms with Gasteiger partial charge in [-0.1, -0.05) is 32.9 Å². The number of hydrogen-bond acceptors (Lipinski definition) is 3. The van der Waals surface area contributed by atoms with Crippen LogP contribution < -0.4 is 10.6 Å². The fraction of sp³-hybridized carbons (Fsp3) is 0.600. The van der Waals surface area contributed by atoms with E-state index in [9.17, 15) is 9.59 Å². The fourth-order valence-corrected chi connectivity index (χ4v) is 3.15. The number of piperidine rings is 1. The summed E-state index contributed by atoms with van der Waals surface area (Å²) in [4.78, 5) is 26.1. The lowest BCUT2D eigenvalue weighted by molar-refractivity contribution is -0.126. The number of nitrogens with zero attached hydrogens (tertiary/aromatic N) is 1. The average Bonchev–Trinajstić information content (AvgIpc) is 2.56. The van der Waals surface area contributed by atoms with E-state index in [4.69, 9.17) is 0 Å². The first-order chi connectivity index (χ1) is 11.8. The Hall–Kier alpha value is -1.88. The Labute approximate surface area is 151 Å². The molecule has 138 valence electrons. The smallest absolute Gasteiger partial charge is 0.247 e. The second-order valence-corrected chi connectivity index (χ2v) is 7.57. The topological polar surface area (TPSA) is 61.4 Å². The Bertz CT molecular complexity index is 575. The number of amides is 2. The summed E-state index contributed by atoms with van der Waals surface area (Å²) in [5.41, 5.74) is 2.02. The molecule has 1 saturated heterocycles. The van der Waals surface area contributed by atoms with Crippen LogP contribution in [0.15, 0.2) is 24.3 Å². The van der Waals surface area contributed by atoms with Crippen molar-refractivity contribution in [1.29, 1.82) is 0 Å². The third kappa shape index (κ3) is 6.16. The van der Waals surface area contributed by atoms with Crippen LogP contribution in [0.2, 0.25) is 0 Å². The predicted octanol–water partition coefficient (Wildman–Crippen LogP) is 3.02. The number of nitrogens with one attached hydrogen (secondary N) is 2. The van der Waals surface area contributed by atoms with Crippen molar-refractivity contribution in [2.45, 2.75) is 53.1 Å². The van der Waals surface area contributed by atoms with E-state index in [1.807, 2.05) is 26.0 Å². The molecule has 1 atom stereocenters. The number of likely N-dealkylation sites (tertiary alicyclic amines) is 1. The molecule has 1 aliphatic heterocycles. The Morgan fingerprint density at radius 1 is 1.16 bits per heavy atom. The largest absolute Gasteiger partial charge is 0.344 e. The van der Waals surface area contributed by atoms with E-state index in [0.29, 0.717) is 0 Å². The van der Waals surface area contributed by atoms with Crippen LogP contribution in [0.3, 0.4) is 0 Å². The molecule has 1 aliphatic rings. The highest BCUT2D eigenvalue weighted by Crippen LogP contribution is 2.19. The van der Waals surface area contributed by atoms with Gasteiger partial charge in [0.05, 0.1) is 0 Å². The summed E-state index contributed by atoms with van der Waals surface area (Å²) in [7, 11) is 0. The summed E-state index contributed by atoms with van der Waals surface area (Å²) in [5, 5.41) is 5.61. The van der Waals surface area contributed by atoms with Crippen LogP contribution in [0.1, 0.15) is 46.1 Å². The number of carbonyl (C=O) groups excluding carboxylic acids is 2. The zero-order valence-corrected chi connectivity index (χ0v) is 15.8. The lowest BCUT2D eigenvalue weighted by atomic mass is 9.99. The van der Waals surface area contributed by atoms with Crippen LogP contribution in [0, 0.1) is 11.8 Å². The molecule has 0 unspecified atom stereocenters. The maximum Gasteiger partial charge on any atom is 0.247 e. The quantitative estimate of drug-likeness (QED) is 0.833. The molecule has 0 bridgehead atoms. The minimum Gasteiger partial charge on any atom is -0.344 e. The van der Waals surface area contributed by atoms with E-state index in [-0.39, 0.29) is 17.7 Å². The molecular formula is C20H31N3O2. The number of rotatable bonds is 6. The lowest BCUT2D eigenvalue weighted by Gasteiger charge is -2.30. The van der Waals surface area contributed by atoms with Crippen LogP contribution in [-0.4, -0.2) is 35.8 Å². The van der Waals surface area contributed by atoms with Crippen molar-refractivity contribution < 1.29 is 9.59 Å². The fourth-order valence-electron chi connectivity index (χ4n) is 3.15. The van der Waals surface area contributed by atoms with E-state index in [0.717, 1.165) is 31.2 Å². The Kier molecular flexibility index (Phi) is 7.00. The maximum atomic E-state index is 12.4. The second-order valence-electron chi connectivity index (χ2n) is 7.57. The highest BCUT2D eigenvalue weighted by molar-refractivity contribution is 5.97. The van der Waals surface area contributed by atoms with Crippen molar-refractivity contribution in [3.63, 3.8) is 0 Å². The van der Waals surface area contributed by atoms with Crippen molar-refractivity contribution in [2.24, 2.45) is 11.8 Å². The molecule has 1 aromatic rings. The number of carbonyl (C=O) groups is 2. The molecule has 0 radical (unpaired) electrons. The minimum absolute atomic E-state index is 0.0321. The van der Waals surface area contributed by atoms with Gasteiger partial charge in [-0.15, -0.1) is 0 Å². The first kappa shape index (κ1) is 19.4. The van der Waals surface area contributed by atoms with Gasteiger partial charge in [-0.25, -0.2) is 0 Å². The normalized spacial score (nSPS) is 17.3. The van der Waals surface area contributed by atoms with E-state index in [1.54, 1.807) is 0 Å². The number of benzene rings is 1. The molecule has 0 saturated carbocycles. The molecule has 2 rings (SSSR count). The van der Waals surface area contributed by atoms with Crippen LogP contribution in [-0.2, 0) is 16.1 Å². The van der Waals surface area contributed by atoms with Gasteiger partial charge in [0.2, 0.25) is 11.8 Å². The Morgan fingerprint density at radius 3 is 2.28 bits per heavy atom. The molecule has 0 aromatic heterocycles. The van der Waals surface area contributed by atoms with E-state index >= 15 is 0 Å². The molecule has 5 heteroatoms. The zero-order chi connectivity index (χ0) is 18.4. The molecule has 0 spiro atoms. The van der Waals surface area contributed by atoms with Gasteiger partial charge in [0.25, 0.3) is 0 Å². The summed E-state index contributed by atoms with van der Waals surface area (Å²) in [6, 6.07) is 7.48.